The zero-order chi connectivity index (χ0) is 13.3. The molecule has 1 aliphatic carbocycles. The number of carbonyl (C=O) groups is 1. The van der Waals surface area contributed by atoms with Gasteiger partial charge >= 0.3 is 0 Å². The highest BCUT2D eigenvalue weighted by Crippen LogP contribution is 2.21. The van der Waals surface area contributed by atoms with E-state index >= 15 is 0 Å². The number of hydrogen-bond donors (Lipinski definition) is 0. The quantitative estimate of drug-likeness (QED) is 0.428. The Morgan fingerprint density at radius 2 is 1.89 bits per heavy atom. The van der Waals surface area contributed by atoms with Crippen molar-refractivity contribution in [3.8, 4) is 0 Å². The van der Waals surface area contributed by atoms with Crippen LogP contribution in [0.3, 0.4) is 0 Å². The van der Waals surface area contributed by atoms with Crippen molar-refractivity contribution in [2.75, 3.05) is 6.61 Å². The van der Waals surface area contributed by atoms with Gasteiger partial charge in [0.25, 0.3) is 0 Å². The zero-order valence-electron chi connectivity index (χ0n) is 11.5. The van der Waals surface area contributed by atoms with E-state index in [1.807, 2.05) is 6.07 Å². The number of nitrogens with zero attached hydrogens (tertiary/aromatic N) is 1. The second-order valence-electron chi connectivity index (χ2n) is 5.18. The fourth-order valence-electron chi connectivity index (χ4n) is 2.65. The van der Waals surface area contributed by atoms with Gasteiger partial charge in [0.1, 0.15) is 0 Å². The first-order chi connectivity index (χ1) is 9.40. The van der Waals surface area contributed by atoms with Gasteiger partial charge in [-0.05, 0) is 31.2 Å². The lowest BCUT2D eigenvalue weighted by molar-refractivity contribution is -0.190. The number of rotatable bonds is 7. The smallest absolute Gasteiger partial charge is 0.233 e. The van der Waals surface area contributed by atoms with E-state index < -0.39 is 0 Å². The maximum absolute atomic E-state index is 11.1. The van der Waals surface area contributed by atoms with Gasteiger partial charge in [-0.15, -0.1) is 0 Å². The molecule has 0 unspecified atom stereocenters. The van der Waals surface area contributed by atoms with Gasteiger partial charge in [0.05, 0.1) is 12.6 Å². The van der Waals surface area contributed by atoms with Gasteiger partial charge < -0.3 is 0 Å². The highest BCUT2D eigenvalue weighted by atomic mass is 16.7. The average Bonchev–Trinajstić information content (AvgIpc) is 2.49. The van der Waals surface area contributed by atoms with Crippen LogP contribution < -0.4 is 0 Å². The zero-order valence-corrected chi connectivity index (χ0v) is 11.5. The molecule has 0 radical (unpaired) electrons. The van der Waals surface area contributed by atoms with Gasteiger partial charge in [-0.2, -0.15) is 0 Å². The fraction of sp³-hybridized carbons (Fsp3) is 0.562. The first kappa shape index (κ1) is 14.1. The second kappa shape index (κ2) is 7.95. The summed E-state index contributed by atoms with van der Waals surface area (Å²) < 4.78 is 0. The van der Waals surface area contributed by atoms with E-state index in [2.05, 4.69) is 24.3 Å². The molecule has 3 nitrogen and oxygen atoms in total. The minimum Gasteiger partial charge on any atom is -0.276 e. The number of amides is 1. The van der Waals surface area contributed by atoms with Crippen molar-refractivity contribution in [2.24, 2.45) is 0 Å². The van der Waals surface area contributed by atoms with Crippen molar-refractivity contribution in [1.82, 2.24) is 5.06 Å². The number of carbonyl (C=O) groups excluding carboxylic acids is 1. The second-order valence-corrected chi connectivity index (χ2v) is 5.18. The molecule has 2 rings (SSSR count). The molecule has 1 amide bonds. The number of benzene rings is 1. The summed E-state index contributed by atoms with van der Waals surface area (Å²) in [5, 5.41) is 1.55. The van der Waals surface area contributed by atoms with E-state index in [4.69, 9.17) is 4.84 Å². The van der Waals surface area contributed by atoms with Gasteiger partial charge in [0.2, 0.25) is 6.41 Å². The maximum Gasteiger partial charge on any atom is 0.233 e. The Morgan fingerprint density at radius 3 is 2.58 bits per heavy atom. The van der Waals surface area contributed by atoms with Gasteiger partial charge in [-0.1, -0.05) is 49.6 Å². The van der Waals surface area contributed by atoms with Crippen LogP contribution >= 0.6 is 0 Å². The van der Waals surface area contributed by atoms with Crippen molar-refractivity contribution in [3.05, 3.63) is 35.9 Å². The van der Waals surface area contributed by atoms with Crippen LogP contribution in [0.25, 0.3) is 0 Å². The van der Waals surface area contributed by atoms with E-state index in [1.54, 1.807) is 5.06 Å². The first-order valence-corrected chi connectivity index (χ1v) is 7.30. The molecular formula is C16H23NO2. The topological polar surface area (TPSA) is 29.5 Å². The highest BCUT2D eigenvalue weighted by Gasteiger charge is 2.20. The first-order valence-electron chi connectivity index (χ1n) is 7.30. The average molecular weight is 261 g/mol. The Bertz CT molecular complexity index is 360. The number of hydroxylamine groups is 2. The van der Waals surface area contributed by atoms with Crippen LogP contribution in [0.15, 0.2) is 30.3 Å². The Hall–Kier alpha value is -1.35. The lowest BCUT2D eigenvalue weighted by Gasteiger charge is -2.30. The SMILES string of the molecule is O=CN(OCCCc1ccccc1)C1CCCCC1. The number of aryl methyl sites for hydroxylation is 1. The van der Waals surface area contributed by atoms with Gasteiger partial charge in [-0.3, -0.25) is 9.63 Å². The third kappa shape index (κ3) is 4.67. The largest absolute Gasteiger partial charge is 0.276 e. The summed E-state index contributed by atoms with van der Waals surface area (Å²) in [5.74, 6) is 0. The molecule has 104 valence electrons. The standard InChI is InChI=1S/C16H23NO2/c18-14-17(16-11-5-2-6-12-16)19-13-7-10-15-8-3-1-4-9-15/h1,3-4,8-9,14,16H,2,5-7,10-13H2. The summed E-state index contributed by atoms with van der Waals surface area (Å²) >= 11 is 0. The van der Waals surface area contributed by atoms with Crippen molar-refractivity contribution >= 4 is 6.41 Å². The molecule has 0 spiro atoms. The summed E-state index contributed by atoms with van der Waals surface area (Å²) in [4.78, 5) is 16.7. The van der Waals surface area contributed by atoms with E-state index in [1.165, 1.54) is 24.8 Å². The van der Waals surface area contributed by atoms with Crippen LogP contribution in [0.1, 0.15) is 44.1 Å². The van der Waals surface area contributed by atoms with Gasteiger partial charge in [0, 0.05) is 0 Å². The maximum atomic E-state index is 11.1. The van der Waals surface area contributed by atoms with E-state index in [-0.39, 0.29) is 0 Å². The molecule has 0 heterocycles. The van der Waals surface area contributed by atoms with Crippen LogP contribution in [0, 0.1) is 0 Å². The summed E-state index contributed by atoms with van der Waals surface area (Å²) in [5.41, 5.74) is 1.32. The van der Waals surface area contributed by atoms with Crippen molar-refractivity contribution in [1.29, 1.82) is 0 Å². The van der Waals surface area contributed by atoms with Crippen molar-refractivity contribution < 1.29 is 9.63 Å². The predicted octanol–water partition coefficient (Wildman–Crippen LogP) is 3.34. The van der Waals surface area contributed by atoms with Crippen LogP contribution in [0.4, 0.5) is 0 Å². The summed E-state index contributed by atoms with van der Waals surface area (Å²) in [6, 6.07) is 10.7. The number of hydrogen-bond acceptors (Lipinski definition) is 2. The normalized spacial score (nSPS) is 16.2. The Labute approximate surface area is 115 Å². The highest BCUT2D eigenvalue weighted by molar-refractivity contribution is 5.45. The molecule has 0 atom stereocenters. The Kier molecular flexibility index (Phi) is 5.89. The molecule has 1 fully saturated rings. The fourth-order valence-corrected chi connectivity index (χ4v) is 2.65. The third-order valence-corrected chi connectivity index (χ3v) is 3.73. The molecule has 19 heavy (non-hydrogen) atoms. The van der Waals surface area contributed by atoms with Gasteiger partial charge in [-0.25, -0.2) is 5.06 Å². The minimum absolute atomic E-state index is 0.294. The molecule has 0 bridgehead atoms. The van der Waals surface area contributed by atoms with E-state index in [9.17, 15) is 4.79 Å². The lowest BCUT2D eigenvalue weighted by atomic mass is 9.95. The van der Waals surface area contributed by atoms with Crippen LogP contribution in [0.2, 0.25) is 0 Å². The minimum atomic E-state index is 0.294. The van der Waals surface area contributed by atoms with Gasteiger partial charge in [0.15, 0.2) is 0 Å². The molecule has 1 aromatic rings. The molecule has 1 saturated carbocycles. The van der Waals surface area contributed by atoms with Crippen LogP contribution in [-0.4, -0.2) is 24.1 Å². The third-order valence-electron chi connectivity index (χ3n) is 3.73. The van der Waals surface area contributed by atoms with E-state index in [0.717, 1.165) is 32.1 Å². The van der Waals surface area contributed by atoms with Crippen LogP contribution in [-0.2, 0) is 16.1 Å². The molecule has 1 aromatic carbocycles. The lowest BCUT2D eigenvalue weighted by Crippen LogP contribution is -2.36. The van der Waals surface area contributed by atoms with Crippen LogP contribution in [0.5, 0.6) is 0 Å². The Balaban J connectivity index is 1.67. The molecule has 0 aliphatic heterocycles. The molecule has 0 N–H and O–H groups in total. The van der Waals surface area contributed by atoms with Crippen molar-refractivity contribution in [3.63, 3.8) is 0 Å². The summed E-state index contributed by atoms with van der Waals surface area (Å²) in [6.07, 6.45) is 8.66. The summed E-state index contributed by atoms with van der Waals surface area (Å²) in [7, 11) is 0. The predicted molar refractivity (Wildman–Crippen MR) is 75.5 cm³/mol. The molecule has 0 aromatic heterocycles. The molecular weight excluding hydrogens is 238 g/mol. The Morgan fingerprint density at radius 1 is 1.16 bits per heavy atom. The molecule has 1 aliphatic rings. The summed E-state index contributed by atoms with van der Waals surface area (Å²) in [6.45, 7) is 0.615. The van der Waals surface area contributed by atoms with Crippen molar-refractivity contribution in [2.45, 2.75) is 51.0 Å². The molecule has 0 saturated heterocycles. The van der Waals surface area contributed by atoms with E-state index in [0.29, 0.717) is 12.6 Å². The molecule has 3 heteroatoms. The monoisotopic (exact) mass is 261 g/mol.